The molecule has 1 amide bonds. The third-order valence-corrected chi connectivity index (χ3v) is 6.77. The number of hydrogen-bond donors (Lipinski definition) is 0. The van der Waals surface area contributed by atoms with Crippen molar-refractivity contribution in [1.29, 1.82) is 0 Å². The third-order valence-electron chi connectivity index (χ3n) is 4.88. The summed E-state index contributed by atoms with van der Waals surface area (Å²) in [7, 11) is -2.55. The number of alkyl halides is 3. The molecule has 30 heavy (non-hydrogen) atoms. The van der Waals surface area contributed by atoms with E-state index in [1.165, 1.54) is 7.11 Å². The Morgan fingerprint density at radius 2 is 1.70 bits per heavy atom. The molecule has 0 saturated carbocycles. The summed E-state index contributed by atoms with van der Waals surface area (Å²) in [5.74, 6) is 0.483. The quantitative estimate of drug-likeness (QED) is 0.714. The van der Waals surface area contributed by atoms with Crippen LogP contribution in [-0.4, -0.2) is 56.8 Å². The molecule has 0 aromatic heterocycles. The maximum absolute atomic E-state index is 12.9. The van der Waals surface area contributed by atoms with Gasteiger partial charge < -0.3 is 9.64 Å². The van der Waals surface area contributed by atoms with Gasteiger partial charge in [-0.3, -0.25) is 4.79 Å². The van der Waals surface area contributed by atoms with E-state index in [-0.39, 0.29) is 38.5 Å². The largest absolute Gasteiger partial charge is 0.497 e. The zero-order valence-electron chi connectivity index (χ0n) is 16.2. The number of hydrogen-bond acceptors (Lipinski definition) is 4. The molecule has 6 nitrogen and oxygen atoms in total. The third kappa shape index (κ3) is 4.93. The Labute approximate surface area is 172 Å². The Hall–Kier alpha value is -2.59. The highest BCUT2D eigenvalue weighted by atomic mass is 32.2. The van der Waals surface area contributed by atoms with Crippen LogP contribution in [0, 0.1) is 0 Å². The average Bonchev–Trinajstić information content (AvgIpc) is 2.73. The van der Waals surface area contributed by atoms with Gasteiger partial charge in [0.15, 0.2) is 0 Å². The van der Waals surface area contributed by atoms with Gasteiger partial charge in [-0.05, 0) is 35.9 Å². The van der Waals surface area contributed by atoms with Crippen molar-refractivity contribution in [3.8, 4) is 5.75 Å². The van der Waals surface area contributed by atoms with E-state index >= 15 is 0 Å². The fourth-order valence-electron chi connectivity index (χ4n) is 3.23. The highest BCUT2D eigenvalue weighted by molar-refractivity contribution is 7.89. The molecular weight excluding hydrogens is 421 g/mol. The van der Waals surface area contributed by atoms with E-state index in [1.807, 2.05) is 0 Å². The predicted octanol–water partition coefficient (Wildman–Crippen LogP) is 2.79. The molecule has 0 aliphatic carbocycles. The fourth-order valence-corrected chi connectivity index (χ4v) is 4.70. The van der Waals surface area contributed by atoms with Crippen molar-refractivity contribution in [2.24, 2.45) is 0 Å². The Morgan fingerprint density at radius 1 is 1.03 bits per heavy atom. The fraction of sp³-hybridized carbons (Fsp3) is 0.350. The summed E-state index contributed by atoms with van der Waals surface area (Å²) in [4.78, 5) is 13.7. The Balaban J connectivity index is 1.65. The maximum atomic E-state index is 12.9. The minimum atomic E-state index is -4.63. The lowest BCUT2D eigenvalue weighted by Gasteiger charge is -2.34. The minimum Gasteiger partial charge on any atom is -0.497 e. The summed E-state index contributed by atoms with van der Waals surface area (Å²) in [6.07, 6.45) is -4.48. The molecule has 1 saturated heterocycles. The summed E-state index contributed by atoms with van der Waals surface area (Å²) in [5, 5.41) is 0. The number of ether oxygens (including phenoxy) is 1. The first-order valence-corrected chi connectivity index (χ1v) is 10.6. The van der Waals surface area contributed by atoms with Gasteiger partial charge in [0, 0.05) is 26.2 Å². The van der Waals surface area contributed by atoms with Crippen LogP contribution in [-0.2, 0) is 27.4 Å². The van der Waals surface area contributed by atoms with Gasteiger partial charge in [0.25, 0.3) is 0 Å². The van der Waals surface area contributed by atoms with Crippen molar-refractivity contribution >= 4 is 15.9 Å². The molecule has 0 bridgehead atoms. The highest BCUT2D eigenvalue weighted by Crippen LogP contribution is 2.31. The van der Waals surface area contributed by atoms with E-state index in [9.17, 15) is 26.4 Å². The minimum absolute atomic E-state index is 0.0163. The van der Waals surface area contributed by atoms with Crippen molar-refractivity contribution < 1.29 is 31.1 Å². The van der Waals surface area contributed by atoms with Crippen molar-refractivity contribution in [2.75, 3.05) is 33.3 Å². The number of carbonyl (C=O) groups is 1. The van der Waals surface area contributed by atoms with E-state index in [1.54, 1.807) is 29.2 Å². The molecule has 0 atom stereocenters. The molecule has 1 aliphatic rings. The van der Waals surface area contributed by atoms with Crippen LogP contribution in [0.5, 0.6) is 5.75 Å². The number of rotatable bonds is 5. The zero-order chi connectivity index (χ0) is 21.9. The number of amides is 1. The molecule has 0 unspecified atom stereocenters. The molecule has 3 rings (SSSR count). The van der Waals surface area contributed by atoms with Crippen LogP contribution < -0.4 is 4.74 Å². The van der Waals surface area contributed by atoms with Crippen molar-refractivity contribution in [3.63, 3.8) is 0 Å². The average molecular weight is 442 g/mol. The highest BCUT2D eigenvalue weighted by Gasteiger charge is 2.34. The van der Waals surface area contributed by atoms with E-state index in [2.05, 4.69) is 0 Å². The number of piperazine rings is 1. The number of nitrogens with zero attached hydrogens (tertiary/aromatic N) is 2. The number of halogens is 3. The SMILES string of the molecule is COc1cccc(CC(=O)N2CCN(S(=O)(=O)c3cccc(C(F)(F)F)c3)CC2)c1. The summed E-state index contributed by atoms with van der Waals surface area (Å²) in [5.41, 5.74) is -0.242. The Kier molecular flexibility index (Phi) is 6.37. The second kappa shape index (κ2) is 8.65. The molecule has 10 heteroatoms. The number of benzene rings is 2. The number of sulfonamides is 1. The second-order valence-corrected chi connectivity index (χ2v) is 8.78. The van der Waals surface area contributed by atoms with Crippen LogP contribution in [0.2, 0.25) is 0 Å². The summed E-state index contributed by atoms with van der Waals surface area (Å²) >= 11 is 0. The maximum Gasteiger partial charge on any atom is 0.416 e. The Morgan fingerprint density at radius 3 is 2.33 bits per heavy atom. The summed E-state index contributed by atoms with van der Waals surface area (Å²) in [6.45, 7) is 0.368. The van der Waals surface area contributed by atoms with Crippen molar-refractivity contribution in [1.82, 2.24) is 9.21 Å². The van der Waals surface area contributed by atoms with Crippen LogP contribution in [0.1, 0.15) is 11.1 Å². The smallest absolute Gasteiger partial charge is 0.416 e. The standard InChI is InChI=1S/C20H21F3N2O4S/c1-29-17-6-2-4-15(12-17)13-19(26)24-8-10-25(11-9-24)30(27,28)18-7-3-5-16(14-18)20(21,22)23/h2-7,12,14H,8-11,13H2,1H3. The molecule has 1 heterocycles. The molecular formula is C20H21F3N2O4S. The lowest BCUT2D eigenvalue weighted by Crippen LogP contribution is -2.50. The van der Waals surface area contributed by atoms with Gasteiger partial charge in [-0.2, -0.15) is 17.5 Å². The number of carbonyl (C=O) groups excluding carboxylic acids is 1. The molecule has 0 N–H and O–H groups in total. The monoisotopic (exact) mass is 442 g/mol. The predicted molar refractivity (Wildman–Crippen MR) is 103 cm³/mol. The first-order chi connectivity index (χ1) is 14.1. The lowest BCUT2D eigenvalue weighted by molar-refractivity contribution is -0.137. The first-order valence-electron chi connectivity index (χ1n) is 9.19. The van der Waals surface area contributed by atoms with Crippen LogP contribution in [0.3, 0.4) is 0 Å². The van der Waals surface area contributed by atoms with Gasteiger partial charge in [-0.25, -0.2) is 8.42 Å². The van der Waals surface area contributed by atoms with E-state index < -0.39 is 26.7 Å². The van der Waals surface area contributed by atoms with Crippen LogP contribution in [0.4, 0.5) is 13.2 Å². The van der Waals surface area contributed by atoms with Gasteiger partial charge in [0.05, 0.1) is 24.0 Å². The molecule has 2 aromatic rings. The van der Waals surface area contributed by atoms with E-state index in [0.29, 0.717) is 11.8 Å². The van der Waals surface area contributed by atoms with Gasteiger partial charge in [-0.1, -0.05) is 18.2 Å². The van der Waals surface area contributed by atoms with Crippen LogP contribution in [0.15, 0.2) is 53.4 Å². The zero-order valence-corrected chi connectivity index (χ0v) is 17.0. The van der Waals surface area contributed by atoms with Crippen molar-refractivity contribution in [3.05, 3.63) is 59.7 Å². The molecule has 0 radical (unpaired) electrons. The molecule has 162 valence electrons. The van der Waals surface area contributed by atoms with Gasteiger partial charge >= 0.3 is 6.18 Å². The van der Waals surface area contributed by atoms with Gasteiger partial charge in [0.1, 0.15) is 5.75 Å². The van der Waals surface area contributed by atoms with E-state index in [4.69, 9.17) is 4.74 Å². The number of methoxy groups -OCH3 is 1. The molecule has 2 aromatic carbocycles. The van der Waals surface area contributed by atoms with Crippen LogP contribution >= 0.6 is 0 Å². The van der Waals surface area contributed by atoms with Crippen LogP contribution in [0.25, 0.3) is 0 Å². The van der Waals surface area contributed by atoms with E-state index in [0.717, 1.165) is 28.1 Å². The summed E-state index contributed by atoms with van der Waals surface area (Å²) < 4.78 is 70.5. The molecule has 1 aliphatic heterocycles. The van der Waals surface area contributed by atoms with Crippen molar-refractivity contribution in [2.45, 2.75) is 17.5 Å². The molecule has 1 fully saturated rings. The first kappa shape index (κ1) is 22.1. The van der Waals surface area contributed by atoms with Gasteiger partial charge in [0.2, 0.25) is 15.9 Å². The molecule has 0 spiro atoms. The Bertz CT molecular complexity index is 1020. The topological polar surface area (TPSA) is 66.9 Å². The summed E-state index contributed by atoms with van der Waals surface area (Å²) in [6, 6.07) is 10.8. The van der Waals surface area contributed by atoms with Gasteiger partial charge in [-0.15, -0.1) is 0 Å². The normalized spacial score (nSPS) is 15.8. The lowest BCUT2D eigenvalue weighted by atomic mass is 10.1. The second-order valence-electron chi connectivity index (χ2n) is 6.84.